The number of benzene rings is 1. The maximum atomic E-state index is 11.6. The van der Waals surface area contributed by atoms with E-state index in [2.05, 4.69) is 14.8 Å². The summed E-state index contributed by atoms with van der Waals surface area (Å²) < 4.78 is 1.96. The molecule has 26 heavy (non-hydrogen) atoms. The Morgan fingerprint density at radius 2 is 1.85 bits per heavy atom. The smallest absolute Gasteiger partial charge is 0.250 e. The van der Waals surface area contributed by atoms with Gasteiger partial charge >= 0.3 is 0 Å². The average Bonchev–Trinajstić information content (AvgIpc) is 3.03. The highest BCUT2D eigenvalue weighted by Crippen LogP contribution is 2.22. The van der Waals surface area contributed by atoms with Crippen LogP contribution in [0.3, 0.4) is 0 Å². The average molecular weight is 370 g/mol. The van der Waals surface area contributed by atoms with E-state index in [0.29, 0.717) is 10.6 Å². The normalized spacial score (nSPS) is 15.5. The van der Waals surface area contributed by atoms with Crippen molar-refractivity contribution in [1.82, 2.24) is 14.3 Å². The van der Waals surface area contributed by atoms with Crippen LogP contribution in [-0.2, 0) is 6.54 Å². The van der Waals surface area contributed by atoms with Gasteiger partial charge in [0.25, 0.3) is 5.91 Å². The van der Waals surface area contributed by atoms with Crippen molar-refractivity contribution >= 4 is 28.8 Å². The number of piperazine rings is 1. The van der Waals surface area contributed by atoms with E-state index in [-0.39, 0.29) is 5.91 Å². The minimum atomic E-state index is -0.383. The number of nitrogens with two attached hydrogens (primary N) is 1. The summed E-state index contributed by atoms with van der Waals surface area (Å²) in [4.78, 5) is 20.9. The first kappa shape index (κ1) is 16.9. The minimum Gasteiger partial charge on any atom is -0.368 e. The largest absolute Gasteiger partial charge is 0.368 e. The van der Waals surface area contributed by atoms with Crippen LogP contribution >= 0.6 is 11.6 Å². The Kier molecular flexibility index (Phi) is 4.53. The maximum Gasteiger partial charge on any atom is 0.250 e. The van der Waals surface area contributed by atoms with E-state index < -0.39 is 0 Å². The number of pyridine rings is 1. The second-order valence-electron chi connectivity index (χ2n) is 6.49. The van der Waals surface area contributed by atoms with Gasteiger partial charge in [0.05, 0.1) is 16.3 Å². The van der Waals surface area contributed by atoms with Crippen LogP contribution in [0.4, 0.5) is 5.69 Å². The molecule has 2 aromatic heterocycles. The SMILES string of the molecule is NC(=O)c1ccccc1N1CCN(Cc2cn3cc(Cl)ccc3n2)CC1. The zero-order chi connectivity index (χ0) is 18.1. The number of halogens is 1. The molecule has 6 nitrogen and oxygen atoms in total. The second-order valence-corrected chi connectivity index (χ2v) is 6.93. The van der Waals surface area contributed by atoms with Crippen LogP contribution in [0.1, 0.15) is 16.1 Å². The third kappa shape index (κ3) is 3.38. The van der Waals surface area contributed by atoms with Crippen molar-refractivity contribution in [2.24, 2.45) is 5.73 Å². The molecule has 0 radical (unpaired) electrons. The van der Waals surface area contributed by atoms with Crippen molar-refractivity contribution in [1.29, 1.82) is 0 Å². The summed E-state index contributed by atoms with van der Waals surface area (Å²) in [6.07, 6.45) is 3.89. The molecule has 1 aromatic carbocycles. The molecular weight excluding hydrogens is 350 g/mol. The molecule has 0 atom stereocenters. The molecule has 1 fully saturated rings. The lowest BCUT2D eigenvalue weighted by atomic mass is 10.1. The minimum absolute atomic E-state index is 0.383. The Morgan fingerprint density at radius 3 is 2.62 bits per heavy atom. The molecule has 1 aliphatic heterocycles. The number of fused-ring (bicyclic) bond motifs is 1. The lowest BCUT2D eigenvalue weighted by Crippen LogP contribution is -2.46. The van der Waals surface area contributed by atoms with Gasteiger partial charge in [-0.1, -0.05) is 23.7 Å². The van der Waals surface area contributed by atoms with Gasteiger partial charge in [0.15, 0.2) is 0 Å². The molecule has 7 heteroatoms. The Labute approximate surface area is 156 Å². The molecule has 0 aliphatic carbocycles. The van der Waals surface area contributed by atoms with E-state index >= 15 is 0 Å². The van der Waals surface area contributed by atoms with Crippen LogP contribution in [0.15, 0.2) is 48.8 Å². The number of hydrogen-bond acceptors (Lipinski definition) is 4. The van der Waals surface area contributed by atoms with Crippen LogP contribution in [-0.4, -0.2) is 46.4 Å². The molecule has 2 N–H and O–H groups in total. The molecule has 134 valence electrons. The molecule has 4 rings (SSSR count). The molecule has 1 saturated heterocycles. The number of amides is 1. The number of nitrogens with zero attached hydrogens (tertiary/aromatic N) is 4. The number of para-hydroxylation sites is 1. The van der Waals surface area contributed by atoms with E-state index in [1.165, 1.54) is 0 Å². The molecule has 0 unspecified atom stereocenters. The molecule has 1 amide bonds. The molecule has 3 aromatic rings. The first-order chi connectivity index (χ1) is 12.6. The van der Waals surface area contributed by atoms with Crippen molar-refractivity contribution in [2.75, 3.05) is 31.1 Å². The highest BCUT2D eigenvalue weighted by molar-refractivity contribution is 6.30. The first-order valence-corrected chi connectivity index (χ1v) is 8.97. The molecule has 0 bridgehead atoms. The van der Waals surface area contributed by atoms with Crippen LogP contribution in [0.25, 0.3) is 5.65 Å². The van der Waals surface area contributed by atoms with E-state index in [9.17, 15) is 4.79 Å². The summed E-state index contributed by atoms with van der Waals surface area (Å²) in [5.74, 6) is -0.383. The van der Waals surface area contributed by atoms with Crippen molar-refractivity contribution in [3.63, 3.8) is 0 Å². The lowest BCUT2D eigenvalue weighted by Gasteiger charge is -2.36. The summed E-state index contributed by atoms with van der Waals surface area (Å²) in [5.41, 5.74) is 8.93. The van der Waals surface area contributed by atoms with E-state index in [1.807, 2.05) is 47.1 Å². The fourth-order valence-electron chi connectivity index (χ4n) is 3.43. The Hall–Kier alpha value is -2.57. The number of rotatable bonds is 4. The molecular formula is C19H20ClN5O. The number of imidazole rings is 1. The van der Waals surface area contributed by atoms with Gasteiger partial charge in [-0.3, -0.25) is 9.69 Å². The van der Waals surface area contributed by atoms with Crippen molar-refractivity contribution in [3.8, 4) is 0 Å². The molecule has 3 heterocycles. The maximum absolute atomic E-state index is 11.6. The molecule has 0 saturated carbocycles. The Bertz CT molecular complexity index is 946. The highest BCUT2D eigenvalue weighted by atomic mass is 35.5. The summed E-state index contributed by atoms with van der Waals surface area (Å²) >= 11 is 6.03. The van der Waals surface area contributed by atoms with Gasteiger partial charge in [-0.2, -0.15) is 0 Å². The summed E-state index contributed by atoms with van der Waals surface area (Å²) in [7, 11) is 0. The molecule has 0 spiro atoms. The summed E-state index contributed by atoms with van der Waals surface area (Å²) in [6, 6.07) is 11.3. The highest BCUT2D eigenvalue weighted by Gasteiger charge is 2.21. The van der Waals surface area contributed by atoms with Crippen molar-refractivity contribution in [2.45, 2.75) is 6.54 Å². The van der Waals surface area contributed by atoms with E-state index in [0.717, 1.165) is 49.8 Å². The fourth-order valence-corrected chi connectivity index (χ4v) is 3.60. The fraction of sp³-hybridized carbons (Fsp3) is 0.263. The molecule has 1 aliphatic rings. The van der Waals surface area contributed by atoms with Crippen molar-refractivity contribution < 1.29 is 4.79 Å². The lowest BCUT2D eigenvalue weighted by molar-refractivity contribution is 0.100. The van der Waals surface area contributed by atoms with Crippen LogP contribution in [0.2, 0.25) is 5.02 Å². The standard InChI is InChI=1S/C19H20ClN5O/c20-14-5-6-18-22-15(13-25(18)11-14)12-23-7-9-24(10-8-23)17-4-2-1-3-16(17)19(21)26/h1-6,11,13H,7-10,12H2,(H2,21,26). The quantitative estimate of drug-likeness (QED) is 0.767. The zero-order valence-electron chi connectivity index (χ0n) is 14.3. The van der Waals surface area contributed by atoms with E-state index in [1.54, 1.807) is 6.07 Å². The zero-order valence-corrected chi connectivity index (χ0v) is 15.1. The number of carbonyl (C=O) groups excluding carboxylic acids is 1. The summed E-state index contributed by atoms with van der Waals surface area (Å²) in [5, 5.41) is 0.697. The van der Waals surface area contributed by atoms with Crippen LogP contribution < -0.4 is 10.6 Å². The van der Waals surface area contributed by atoms with Gasteiger partial charge in [0, 0.05) is 50.8 Å². The van der Waals surface area contributed by atoms with Gasteiger partial charge < -0.3 is 15.0 Å². The van der Waals surface area contributed by atoms with Gasteiger partial charge in [0.2, 0.25) is 0 Å². The number of primary amides is 1. The van der Waals surface area contributed by atoms with Gasteiger partial charge in [-0.15, -0.1) is 0 Å². The Balaban J connectivity index is 1.43. The predicted molar refractivity (Wildman–Crippen MR) is 103 cm³/mol. The topological polar surface area (TPSA) is 66.9 Å². The van der Waals surface area contributed by atoms with Gasteiger partial charge in [-0.25, -0.2) is 4.98 Å². The number of aromatic nitrogens is 2. The first-order valence-electron chi connectivity index (χ1n) is 8.59. The number of hydrogen-bond donors (Lipinski definition) is 1. The second kappa shape index (κ2) is 6.97. The third-order valence-electron chi connectivity index (χ3n) is 4.73. The summed E-state index contributed by atoms with van der Waals surface area (Å²) in [6.45, 7) is 4.31. The van der Waals surface area contributed by atoms with Crippen molar-refractivity contribution in [3.05, 3.63) is 65.1 Å². The monoisotopic (exact) mass is 369 g/mol. The van der Waals surface area contributed by atoms with Gasteiger partial charge in [0.1, 0.15) is 5.65 Å². The van der Waals surface area contributed by atoms with Crippen LogP contribution in [0, 0.1) is 0 Å². The third-order valence-corrected chi connectivity index (χ3v) is 4.96. The number of anilines is 1. The van der Waals surface area contributed by atoms with Gasteiger partial charge in [-0.05, 0) is 24.3 Å². The number of carbonyl (C=O) groups is 1. The predicted octanol–water partition coefficient (Wildman–Crippen LogP) is 2.41. The Morgan fingerprint density at radius 1 is 1.08 bits per heavy atom. The van der Waals surface area contributed by atoms with Crippen LogP contribution in [0.5, 0.6) is 0 Å². The van der Waals surface area contributed by atoms with E-state index in [4.69, 9.17) is 17.3 Å².